The molecule has 1 aromatic heterocycles. The lowest BCUT2D eigenvalue weighted by Crippen LogP contribution is -2.06. The molecule has 2 rings (SSSR count). The van der Waals surface area contributed by atoms with Crippen molar-refractivity contribution >= 4 is 11.0 Å². The summed E-state index contributed by atoms with van der Waals surface area (Å²) in [5, 5.41) is 0. The molecule has 0 atom stereocenters. The van der Waals surface area contributed by atoms with Crippen LogP contribution in [0.2, 0.25) is 0 Å². The molecule has 0 radical (unpaired) electrons. The van der Waals surface area contributed by atoms with E-state index < -0.39 is 6.43 Å². The van der Waals surface area contributed by atoms with Gasteiger partial charge in [-0.3, -0.25) is 0 Å². The summed E-state index contributed by atoms with van der Waals surface area (Å²) in [5.41, 5.74) is 7.73. The Kier molecular flexibility index (Phi) is 3.11. The molecule has 5 heteroatoms. The van der Waals surface area contributed by atoms with Crippen molar-refractivity contribution in [3.63, 3.8) is 0 Å². The van der Waals surface area contributed by atoms with Gasteiger partial charge in [-0.05, 0) is 31.5 Å². The van der Waals surface area contributed by atoms with Gasteiger partial charge < -0.3 is 10.3 Å². The van der Waals surface area contributed by atoms with Crippen molar-refractivity contribution in [2.75, 3.05) is 0 Å². The molecule has 0 amide bonds. The molecule has 0 spiro atoms. The Morgan fingerprint density at radius 2 is 2.06 bits per heavy atom. The number of fused-ring (bicyclic) bond motifs is 1. The van der Waals surface area contributed by atoms with E-state index in [1.807, 2.05) is 19.9 Å². The van der Waals surface area contributed by atoms with Gasteiger partial charge in [0, 0.05) is 12.6 Å². The van der Waals surface area contributed by atoms with Crippen LogP contribution in [0.5, 0.6) is 0 Å². The first kappa shape index (κ1) is 12.0. The first-order valence-corrected chi connectivity index (χ1v) is 5.53. The van der Waals surface area contributed by atoms with Gasteiger partial charge in [0.05, 0.1) is 11.0 Å². The average molecular weight is 239 g/mol. The van der Waals surface area contributed by atoms with Crippen molar-refractivity contribution in [3.05, 3.63) is 29.6 Å². The first-order chi connectivity index (χ1) is 8.04. The second-order valence-corrected chi connectivity index (χ2v) is 4.26. The molecule has 0 fully saturated rings. The number of rotatable bonds is 3. The summed E-state index contributed by atoms with van der Waals surface area (Å²) in [4.78, 5) is 4.00. The predicted molar refractivity (Wildman–Crippen MR) is 63.0 cm³/mol. The summed E-state index contributed by atoms with van der Waals surface area (Å²) < 4.78 is 27.4. The fraction of sp³-hybridized carbons (Fsp3) is 0.417. The van der Waals surface area contributed by atoms with E-state index in [-0.39, 0.29) is 11.9 Å². The molecule has 0 aliphatic carbocycles. The molecule has 0 saturated carbocycles. The third-order valence-corrected chi connectivity index (χ3v) is 2.73. The van der Waals surface area contributed by atoms with Crippen LogP contribution in [-0.2, 0) is 6.54 Å². The minimum Gasteiger partial charge on any atom is -0.326 e. The second-order valence-electron chi connectivity index (χ2n) is 4.26. The van der Waals surface area contributed by atoms with E-state index in [0.29, 0.717) is 12.1 Å². The first-order valence-electron chi connectivity index (χ1n) is 5.53. The number of nitrogens with two attached hydrogens (primary N) is 1. The zero-order valence-electron chi connectivity index (χ0n) is 9.82. The highest BCUT2D eigenvalue weighted by Crippen LogP contribution is 2.27. The van der Waals surface area contributed by atoms with E-state index in [1.165, 1.54) is 0 Å². The smallest absolute Gasteiger partial charge is 0.295 e. The largest absolute Gasteiger partial charge is 0.326 e. The van der Waals surface area contributed by atoms with E-state index in [4.69, 9.17) is 5.73 Å². The summed E-state index contributed by atoms with van der Waals surface area (Å²) in [7, 11) is 0. The summed E-state index contributed by atoms with van der Waals surface area (Å²) >= 11 is 0. The number of nitrogens with zero attached hydrogens (tertiary/aromatic N) is 2. The van der Waals surface area contributed by atoms with Crippen LogP contribution in [0.25, 0.3) is 11.0 Å². The molecule has 2 aromatic rings. The SMILES string of the molecule is CC(C)n1c(C(F)F)nc2cc(CN)ccc21. The maximum absolute atomic E-state index is 12.9. The zero-order chi connectivity index (χ0) is 12.6. The van der Waals surface area contributed by atoms with E-state index in [2.05, 4.69) is 4.98 Å². The van der Waals surface area contributed by atoms with Crippen molar-refractivity contribution in [2.24, 2.45) is 5.73 Å². The Balaban J connectivity index is 2.70. The highest BCUT2D eigenvalue weighted by Gasteiger charge is 2.20. The lowest BCUT2D eigenvalue weighted by Gasteiger charge is -2.12. The van der Waals surface area contributed by atoms with E-state index >= 15 is 0 Å². The quantitative estimate of drug-likeness (QED) is 0.894. The van der Waals surface area contributed by atoms with Crippen molar-refractivity contribution < 1.29 is 8.78 Å². The minimum atomic E-state index is -2.56. The Labute approximate surface area is 98.2 Å². The molecule has 0 bridgehead atoms. The number of hydrogen-bond acceptors (Lipinski definition) is 2. The zero-order valence-corrected chi connectivity index (χ0v) is 9.82. The van der Waals surface area contributed by atoms with E-state index in [9.17, 15) is 8.78 Å². The van der Waals surface area contributed by atoms with Crippen LogP contribution >= 0.6 is 0 Å². The van der Waals surface area contributed by atoms with Crippen LogP contribution in [0.4, 0.5) is 8.78 Å². The van der Waals surface area contributed by atoms with Gasteiger partial charge in [0.1, 0.15) is 0 Å². The lowest BCUT2D eigenvalue weighted by molar-refractivity contribution is 0.134. The maximum Gasteiger partial charge on any atom is 0.295 e. The Bertz CT molecular complexity index is 532. The third-order valence-electron chi connectivity index (χ3n) is 2.73. The van der Waals surface area contributed by atoms with Crippen molar-refractivity contribution in [1.82, 2.24) is 9.55 Å². The fourth-order valence-electron chi connectivity index (χ4n) is 1.99. The summed E-state index contributed by atoms with van der Waals surface area (Å²) in [6, 6.07) is 5.36. The molecule has 0 saturated heterocycles. The highest BCUT2D eigenvalue weighted by atomic mass is 19.3. The van der Waals surface area contributed by atoms with Gasteiger partial charge in [-0.1, -0.05) is 6.07 Å². The van der Waals surface area contributed by atoms with Gasteiger partial charge in [0.25, 0.3) is 6.43 Å². The number of alkyl halides is 2. The number of benzene rings is 1. The molecule has 0 aliphatic heterocycles. The molecule has 92 valence electrons. The lowest BCUT2D eigenvalue weighted by atomic mass is 10.2. The minimum absolute atomic E-state index is 0.0484. The third kappa shape index (κ3) is 2.02. The van der Waals surface area contributed by atoms with Gasteiger partial charge in [-0.2, -0.15) is 0 Å². The summed E-state index contributed by atoms with van der Waals surface area (Å²) in [5.74, 6) is -0.177. The standard InChI is InChI=1S/C12H15F2N3/c1-7(2)17-10-4-3-8(6-15)5-9(10)16-12(17)11(13)14/h3-5,7,11H,6,15H2,1-2H3. The molecule has 3 nitrogen and oxygen atoms in total. The predicted octanol–water partition coefficient (Wildman–Crippen LogP) is 3.01. The number of hydrogen-bond donors (Lipinski definition) is 1. The normalized spacial score (nSPS) is 11.9. The average Bonchev–Trinajstić information content (AvgIpc) is 2.66. The number of halogens is 2. The van der Waals surface area contributed by atoms with Crippen LogP contribution in [-0.4, -0.2) is 9.55 Å². The Morgan fingerprint density at radius 1 is 1.35 bits per heavy atom. The molecule has 0 unspecified atom stereocenters. The van der Waals surface area contributed by atoms with Crippen LogP contribution in [0.15, 0.2) is 18.2 Å². The van der Waals surface area contributed by atoms with Crippen LogP contribution in [0.1, 0.15) is 37.7 Å². The van der Waals surface area contributed by atoms with Crippen LogP contribution in [0.3, 0.4) is 0 Å². The van der Waals surface area contributed by atoms with Gasteiger partial charge in [0.15, 0.2) is 5.82 Å². The van der Waals surface area contributed by atoms with Crippen LogP contribution in [0, 0.1) is 0 Å². The number of aromatic nitrogens is 2. The van der Waals surface area contributed by atoms with Crippen LogP contribution < -0.4 is 5.73 Å². The molecule has 0 aliphatic rings. The monoisotopic (exact) mass is 239 g/mol. The van der Waals surface area contributed by atoms with Gasteiger partial charge in [-0.25, -0.2) is 13.8 Å². The molecule has 2 N–H and O–H groups in total. The van der Waals surface area contributed by atoms with Gasteiger partial charge in [-0.15, -0.1) is 0 Å². The topological polar surface area (TPSA) is 43.8 Å². The molecular formula is C12H15F2N3. The Hall–Kier alpha value is -1.49. The van der Waals surface area contributed by atoms with E-state index in [0.717, 1.165) is 11.1 Å². The fourth-order valence-corrected chi connectivity index (χ4v) is 1.99. The van der Waals surface area contributed by atoms with Crippen molar-refractivity contribution in [1.29, 1.82) is 0 Å². The molecular weight excluding hydrogens is 224 g/mol. The number of imidazole rings is 1. The summed E-state index contributed by atoms with van der Waals surface area (Å²) in [6.45, 7) is 4.11. The van der Waals surface area contributed by atoms with Crippen molar-refractivity contribution in [2.45, 2.75) is 32.9 Å². The van der Waals surface area contributed by atoms with Crippen molar-refractivity contribution in [3.8, 4) is 0 Å². The van der Waals surface area contributed by atoms with Gasteiger partial charge >= 0.3 is 0 Å². The highest BCUT2D eigenvalue weighted by molar-refractivity contribution is 5.77. The van der Waals surface area contributed by atoms with E-state index in [1.54, 1.807) is 16.7 Å². The Morgan fingerprint density at radius 3 is 2.59 bits per heavy atom. The summed E-state index contributed by atoms with van der Waals surface area (Å²) in [6.07, 6.45) is -2.56. The second kappa shape index (κ2) is 4.41. The molecule has 1 aromatic carbocycles. The van der Waals surface area contributed by atoms with Gasteiger partial charge in [0.2, 0.25) is 0 Å². The molecule has 1 heterocycles. The molecule has 17 heavy (non-hydrogen) atoms. The maximum atomic E-state index is 12.9.